The third-order valence-corrected chi connectivity index (χ3v) is 14.5. The van der Waals surface area contributed by atoms with Gasteiger partial charge in [0, 0.05) is 0 Å². The Labute approximate surface area is 224 Å². The van der Waals surface area contributed by atoms with Crippen LogP contribution in [0, 0.1) is 71.0 Å². The topological polar surface area (TPSA) is 0 Å². The van der Waals surface area contributed by atoms with Crippen molar-refractivity contribution in [1.29, 1.82) is 0 Å². The Morgan fingerprint density at radius 1 is 0.139 bits per heavy atom. The summed E-state index contributed by atoms with van der Waals surface area (Å²) >= 11 is 0. The van der Waals surface area contributed by atoms with Crippen LogP contribution in [0.2, 0.25) is 0 Å². The van der Waals surface area contributed by atoms with E-state index in [2.05, 4.69) is 0 Å². The van der Waals surface area contributed by atoms with Crippen molar-refractivity contribution in [2.24, 2.45) is 71.0 Å². The molecule has 0 nitrogen and oxygen atoms in total. The van der Waals surface area contributed by atoms with Crippen LogP contribution in [0.15, 0.2) is 0 Å². The summed E-state index contributed by atoms with van der Waals surface area (Å²) in [6, 6.07) is 0. The molecule has 8 rings (SSSR count). The fraction of sp³-hybridized carbons (Fsp3) is 1.00. The minimum absolute atomic E-state index is 1.17. The molecule has 0 bridgehead atoms. The molecule has 0 radical (unpaired) electrons. The van der Waals surface area contributed by atoms with Crippen LogP contribution < -0.4 is 0 Å². The quantitative estimate of drug-likeness (QED) is 0.315. The Kier molecular flexibility index (Phi) is 7.80. The van der Waals surface area contributed by atoms with Crippen molar-refractivity contribution in [3.8, 4) is 0 Å². The molecule has 8 saturated carbocycles. The van der Waals surface area contributed by atoms with Crippen molar-refractivity contribution in [1.82, 2.24) is 0 Å². The molecule has 0 spiro atoms. The van der Waals surface area contributed by atoms with E-state index in [0.717, 1.165) is 0 Å². The largest absolute Gasteiger partial charge is 0.0530 e. The summed E-state index contributed by atoms with van der Waals surface area (Å²) in [6.07, 6.45) is 38.0. The van der Waals surface area contributed by atoms with E-state index in [1.807, 2.05) is 0 Å². The first-order valence-electron chi connectivity index (χ1n) is 17.9. The molecule has 0 aromatic heterocycles. The lowest BCUT2D eigenvalue weighted by molar-refractivity contribution is -0.0781. The fourth-order valence-corrected chi connectivity index (χ4v) is 13.5. The van der Waals surface area contributed by atoms with Gasteiger partial charge in [0.2, 0.25) is 0 Å². The SMILES string of the molecule is C1CCC2C(C1)C1CCCCC1C1CCCCC21.C1CCC2C(C1)C1CCCCC1C1CCCCC21. The third kappa shape index (κ3) is 4.57. The summed E-state index contributed by atoms with van der Waals surface area (Å²) in [6.45, 7) is 0. The minimum atomic E-state index is 1.17. The summed E-state index contributed by atoms with van der Waals surface area (Å²) in [5, 5.41) is 0. The van der Waals surface area contributed by atoms with Gasteiger partial charge in [0.05, 0.1) is 0 Å². The van der Waals surface area contributed by atoms with E-state index < -0.39 is 0 Å². The van der Waals surface area contributed by atoms with Crippen LogP contribution >= 0.6 is 0 Å². The van der Waals surface area contributed by atoms with Crippen LogP contribution in [0.25, 0.3) is 0 Å². The lowest BCUT2D eigenvalue weighted by atomic mass is 9.48. The van der Waals surface area contributed by atoms with Gasteiger partial charge < -0.3 is 0 Å². The van der Waals surface area contributed by atoms with Crippen molar-refractivity contribution >= 4 is 0 Å². The molecule has 8 aliphatic carbocycles. The normalized spacial score (nSPS) is 52.0. The van der Waals surface area contributed by atoms with Crippen LogP contribution in [-0.2, 0) is 0 Å². The van der Waals surface area contributed by atoms with Crippen molar-refractivity contribution in [3.05, 3.63) is 0 Å². The zero-order valence-electron chi connectivity index (χ0n) is 23.9. The van der Waals surface area contributed by atoms with Gasteiger partial charge in [0.25, 0.3) is 0 Å². The molecule has 0 aromatic carbocycles. The number of hydrogen-bond acceptors (Lipinski definition) is 0. The molecular formula is C36H60. The van der Waals surface area contributed by atoms with Crippen LogP contribution in [-0.4, -0.2) is 0 Å². The summed E-state index contributed by atoms with van der Waals surface area (Å²) in [7, 11) is 0. The van der Waals surface area contributed by atoms with Gasteiger partial charge in [0.1, 0.15) is 0 Å². The molecule has 0 saturated heterocycles. The first-order valence-corrected chi connectivity index (χ1v) is 17.9. The van der Waals surface area contributed by atoms with Crippen molar-refractivity contribution < 1.29 is 0 Å². The van der Waals surface area contributed by atoms with E-state index in [1.54, 1.807) is 154 Å². The van der Waals surface area contributed by atoms with E-state index >= 15 is 0 Å². The molecule has 204 valence electrons. The van der Waals surface area contributed by atoms with Crippen molar-refractivity contribution in [3.63, 3.8) is 0 Å². The van der Waals surface area contributed by atoms with Crippen LogP contribution in [0.4, 0.5) is 0 Å². The molecule has 0 aromatic rings. The van der Waals surface area contributed by atoms with E-state index in [1.165, 1.54) is 71.0 Å². The Morgan fingerprint density at radius 2 is 0.222 bits per heavy atom. The highest BCUT2D eigenvalue weighted by Gasteiger charge is 2.52. The van der Waals surface area contributed by atoms with Crippen molar-refractivity contribution in [2.75, 3.05) is 0 Å². The summed E-state index contributed by atoms with van der Waals surface area (Å²) in [5.74, 6) is 14.0. The first-order chi connectivity index (χ1) is 17.9. The van der Waals surface area contributed by atoms with E-state index in [4.69, 9.17) is 0 Å². The van der Waals surface area contributed by atoms with Gasteiger partial charge in [-0.25, -0.2) is 0 Å². The number of hydrogen-bond donors (Lipinski definition) is 0. The average Bonchev–Trinajstić information content (AvgIpc) is 2.98. The van der Waals surface area contributed by atoms with Gasteiger partial charge in [-0.2, -0.15) is 0 Å². The van der Waals surface area contributed by atoms with Crippen LogP contribution in [0.3, 0.4) is 0 Å². The lowest BCUT2D eigenvalue weighted by Gasteiger charge is -2.57. The van der Waals surface area contributed by atoms with Gasteiger partial charge >= 0.3 is 0 Å². The summed E-state index contributed by atoms with van der Waals surface area (Å²) in [4.78, 5) is 0. The van der Waals surface area contributed by atoms with Gasteiger partial charge in [-0.1, -0.05) is 77.0 Å². The molecular weight excluding hydrogens is 432 g/mol. The molecule has 0 atom stereocenters. The standard InChI is InChI=1S/2C18H30/c2*1-2-8-14-13(7-1)15-9-3-4-11-17(15)18-12-6-5-10-16(14)18/h2*13-18H,1-12H2. The molecule has 8 fully saturated rings. The van der Waals surface area contributed by atoms with Gasteiger partial charge in [-0.15, -0.1) is 0 Å². The number of fused-ring (bicyclic) bond motifs is 12. The Bertz CT molecular complexity index is 470. The molecule has 0 amide bonds. The molecule has 36 heavy (non-hydrogen) atoms. The van der Waals surface area contributed by atoms with E-state index in [9.17, 15) is 0 Å². The van der Waals surface area contributed by atoms with Crippen LogP contribution in [0.5, 0.6) is 0 Å². The Balaban J connectivity index is 0.000000122. The molecule has 0 N–H and O–H groups in total. The second-order valence-electron chi connectivity index (χ2n) is 15.7. The van der Waals surface area contributed by atoms with Gasteiger partial charge in [0.15, 0.2) is 0 Å². The average molecular weight is 493 g/mol. The highest BCUT2D eigenvalue weighted by atomic mass is 14.6. The van der Waals surface area contributed by atoms with E-state index in [0.29, 0.717) is 0 Å². The summed E-state index contributed by atoms with van der Waals surface area (Å²) < 4.78 is 0. The maximum Gasteiger partial charge on any atom is -0.0352 e. The smallest absolute Gasteiger partial charge is 0.0352 e. The van der Waals surface area contributed by atoms with Gasteiger partial charge in [-0.05, 0) is 148 Å². The second kappa shape index (κ2) is 11.2. The maximum absolute atomic E-state index is 1.61. The highest BCUT2D eigenvalue weighted by Crippen LogP contribution is 2.60. The Hall–Kier alpha value is 0. The molecule has 0 unspecified atom stereocenters. The Morgan fingerprint density at radius 3 is 0.306 bits per heavy atom. The van der Waals surface area contributed by atoms with Crippen molar-refractivity contribution in [2.45, 2.75) is 154 Å². The monoisotopic (exact) mass is 492 g/mol. The molecule has 8 aliphatic rings. The minimum Gasteiger partial charge on any atom is -0.0530 e. The lowest BCUT2D eigenvalue weighted by Crippen LogP contribution is -2.49. The zero-order valence-corrected chi connectivity index (χ0v) is 23.9. The molecule has 0 heterocycles. The third-order valence-electron chi connectivity index (χ3n) is 14.5. The highest BCUT2D eigenvalue weighted by molar-refractivity contribution is 5.01. The molecule has 0 aliphatic heterocycles. The second-order valence-corrected chi connectivity index (χ2v) is 15.7. The fourth-order valence-electron chi connectivity index (χ4n) is 13.5. The predicted octanol–water partition coefficient (Wildman–Crippen LogP) is 10.8. The number of rotatable bonds is 0. The zero-order chi connectivity index (χ0) is 23.9. The van der Waals surface area contributed by atoms with Gasteiger partial charge in [-0.3, -0.25) is 0 Å². The first kappa shape index (κ1) is 25.0. The van der Waals surface area contributed by atoms with Crippen LogP contribution in [0.1, 0.15) is 154 Å². The van der Waals surface area contributed by atoms with E-state index in [-0.39, 0.29) is 0 Å². The maximum atomic E-state index is 1.61. The molecule has 0 heteroatoms. The predicted molar refractivity (Wildman–Crippen MR) is 153 cm³/mol. The summed E-state index contributed by atoms with van der Waals surface area (Å²) in [5.41, 5.74) is 0.